The molecule has 0 fully saturated rings. The number of aliphatic hydroxyl groups excluding tert-OH is 1. The second kappa shape index (κ2) is 7.60. The number of nitrogens with two attached hydrogens (primary N) is 1. The third-order valence-corrected chi connectivity index (χ3v) is 1.24. The second-order valence-electron chi connectivity index (χ2n) is 3.40. The van der Waals surface area contributed by atoms with Crippen LogP contribution in [0.2, 0.25) is 0 Å². The smallest absolute Gasteiger partial charge is 0.414 e. The highest BCUT2D eigenvalue weighted by Crippen LogP contribution is 1.97. The number of amides is 1. The van der Waals surface area contributed by atoms with E-state index >= 15 is 0 Å². The summed E-state index contributed by atoms with van der Waals surface area (Å²) in [4.78, 5) is 28.8. The van der Waals surface area contributed by atoms with Crippen molar-refractivity contribution in [3.63, 3.8) is 0 Å². The van der Waals surface area contributed by atoms with Crippen LogP contribution in [-0.4, -0.2) is 51.9 Å². The molecule has 0 aromatic rings. The Hall–Kier alpha value is -1.67. The highest BCUT2D eigenvalue weighted by atomic mass is 16.4. The van der Waals surface area contributed by atoms with E-state index in [4.69, 9.17) is 30.6 Å². The first-order chi connectivity index (χ1) is 7.16. The van der Waals surface area contributed by atoms with Crippen molar-refractivity contribution in [3.05, 3.63) is 0 Å². The molecule has 0 bridgehead atoms. The van der Waals surface area contributed by atoms with E-state index in [1.54, 1.807) is 13.8 Å². The quantitative estimate of drug-likeness (QED) is 0.355. The van der Waals surface area contributed by atoms with Crippen LogP contribution in [0.3, 0.4) is 0 Å². The van der Waals surface area contributed by atoms with Gasteiger partial charge in [-0.3, -0.25) is 4.79 Å². The van der Waals surface area contributed by atoms with E-state index in [0.29, 0.717) is 0 Å². The van der Waals surface area contributed by atoms with Crippen molar-refractivity contribution < 1.29 is 29.7 Å². The zero-order valence-corrected chi connectivity index (χ0v) is 9.06. The SMILES string of the molecule is CC(C)(CO)NC(=O)CN.O=C(O)C(=O)O. The fraction of sp³-hybridized carbons (Fsp3) is 0.625. The van der Waals surface area contributed by atoms with E-state index in [1.807, 2.05) is 0 Å². The number of carboxylic acids is 2. The molecular formula is C8H16N2O6. The maximum absolute atomic E-state index is 10.6. The summed E-state index contributed by atoms with van der Waals surface area (Å²) in [5.74, 6) is -3.90. The number of carbonyl (C=O) groups excluding carboxylic acids is 1. The molecule has 0 unspecified atom stereocenters. The second-order valence-corrected chi connectivity index (χ2v) is 3.40. The third kappa shape index (κ3) is 10.4. The van der Waals surface area contributed by atoms with E-state index in [1.165, 1.54) is 0 Å². The lowest BCUT2D eigenvalue weighted by Gasteiger charge is -2.22. The normalized spacial score (nSPS) is 9.75. The molecule has 16 heavy (non-hydrogen) atoms. The Morgan fingerprint density at radius 1 is 1.19 bits per heavy atom. The molecule has 0 radical (unpaired) electrons. The summed E-state index contributed by atoms with van der Waals surface area (Å²) in [6.07, 6.45) is 0. The van der Waals surface area contributed by atoms with Gasteiger partial charge in [-0.1, -0.05) is 0 Å². The van der Waals surface area contributed by atoms with Crippen LogP contribution in [0.15, 0.2) is 0 Å². The largest absolute Gasteiger partial charge is 0.473 e. The standard InChI is InChI=1S/C6H14N2O2.C2H2O4/c1-6(2,4-9)8-5(10)3-7;3-1(4)2(5)6/h9H,3-4,7H2,1-2H3,(H,8,10);(H,3,4)(H,5,6). The fourth-order valence-electron chi connectivity index (χ4n) is 0.468. The minimum Gasteiger partial charge on any atom is -0.473 e. The van der Waals surface area contributed by atoms with Crippen molar-refractivity contribution >= 4 is 17.8 Å². The molecule has 8 heteroatoms. The minimum absolute atomic E-state index is 0.0383. The highest BCUT2D eigenvalue weighted by molar-refractivity contribution is 6.27. The molecule has 0 heterocycles. The Bertz CT molecular complexity index is 251. The molecule has 0 aliphatic carbocycles. The first kappa shape index (κ1) is 16.7. The zero-order valence-electron chi connectivity index (χ0n) is 9.06. The zero-order chi connectivity index (χ0) is 13.4. The Kier molecular flexibility index (Phi) is 7.96. The number of nitrogens with one attached hydrogen (secondary N) is 1. The van der Waals surface area contributed by atoms with Crippen LogP contribution in [0.4, 0.5) is 0 Å². The van der Waals surface area contributed by atoms with Gasteiger partial charge >= 0.3 is 11.9 Å². The van der Waals surface area contributed by atoms with E-state index in [9.17, 15) is 4.79 Å². The van der Waals surface area contributed by atoms with Crippen LogP contribution < -0.4 is 11.1 Å². The molecule has 94 valence electrons. The summed E-state index contributed by atoms with van der Waals surface area (Å²) >= 11 is 0. The van der Waals surface area contributed by atoms with E-state index in [-0.39, 0.29) is 19.1 Å². The number of carboxylic acid groups (broad SMARTS) is 2. The average molecular weight is 236 g/mol. The topological polar surface area (TPSA) is 150 Å². The number of aliphatic carboxylic acids is 2. The highest BCUT2D eigenvalue weighted by Gasteiger charge is 2.17. The van der Waals surface area contributed by atoms with Crippen molar-refractivity contribution in [1.29, 1.82) is 0 Å². The molecular weight excluding hydrogens is 220 g/mol. The van der Waals surface area contributed by atoms with Gasteiger partial charge < -0.3 is 26.4 Å². The van der Waals surface area contributed by atoms with Gasteiger partial charge in [0.2, 0.25) is 5.91 Å². The molecule has 1 amide bonds. The molecule has 0 aromatic heterocycles. The van der Waals surface area contributed by atoms with Gasteiger partial charge in [0.15, 0.2) is 0 Å². The summed E-state index contributed by atoms with van der Waals surface area (Å²) in [5.41, 5.74) is 4.48. The van der Waals surface area contributed by atoms with E-state index in [0.717, 1.165) is 0 Å². The van der Waals surface area contributed by atoms with Gasteiger partial charge in [-0.05, 0) is 13.8 Å². The lowest BCUT2D eigenvalue weighted by atomic mass is 10.1. The van der Waals surface area contributed by atoms with Crippen LogP contribution in [0.5, 0.6) is 0 Å². The first-order valence-electron chi connectivity index (χ1n) is 4.24. The van der Waals surface area contributed by atoms with E-state index in [2.05, 4.69) is 5.32 Å². The minimum atomic E-state index is -1.82. The lowest BCUT2D eigenvalue weighted by molar-refractivity contribution is -0.159. The summed E-state index contributed by atoms with van der Waals surface area (Å²) in [7, 11) is 0. The van der Waals surface area contributed by atoms with Crippen LogP contribution in [0.25, 0.3) is 0 Å². The van der Waals surface area contributed by atoms with Gasteiger partial charge in [0.1, 0.15) is 0 Å². The van der Waals surface area contributed by atoms with Gasteiger partial charge in [-0.25, -0.2) is 9.59 Å². The Morgan fingerprint density at radius 3 is 1.75 bits per heavy atom. The Labute approximate surface area is 92.1 Å². The molecule has 6 N–H and O–H groups in total. The van der Waals surface area contributed by atoms with Gasteiger partial charge in [0.05, 0.1) is 18.7 Å². The molecule has 0 saturated heterocycles. The predicted octanol–water partition coefficient (Wildman–Crippen LogP) is -2.01. The van der Waals surface area contributed by atoms with E-state index < -0.39 is 17.5 Å². The van der Waals surface area contributed by atoms with Crippen molar-refractivity contribution in [1.82, 2.24) is 5.32 Å². The van der Waals surface area contributed by atoms with Crippen molar-refractivity contribution in [3.8, 4) is 0 Å². The van der Waals surface area contributed by atoms with Crippen molar-refractivity contribution in [2.24, 2.45) is 5.73 Å². The maximum Gasteiger partial charge on any atom is 0.414 e. The molecule has 0 atom stereocenters. The van der Waals surface area contributed by atoms with Crippen molar-refractivity contribution in [2.45, 2.75) is 19.4 Å². The lowest BCUT2D eigenvalue weighted by Crippen LogP contribution is -2.48. The fourth-order valence-corrected chi connectivity index (χ4v) is 0.468. The molecule has 0 saturated carbocycles. The molecule has 0 aliphatic rings. The number of carbonyl (C=O) groups is 3. The average Bonchev–Trinajstić information content (AvgIpc) is 2.18. The van der Waals surface area contributed by atoms with Crippen LogP contribution in [-0.2, 0) is 14.4 Å². The molecule has 0 spiro atoms. The predicted molar refractivity (Wildman–Crippen MR) is 53.6 cm³/mol. The Balaban J connectivity index is 0. The molecule has 8 nitrogen and oxygen atoms in total. The monoisotopic (exact) mass is 236 g/mol. The summed E-state index contributed by atoms with van der Waals surface area (Å²) < 4.78 is 0. The van der Waals surface area contributed by atoms with Crippen LogP contribution in [0.1, 0.15) is 13.8 Å². The molecule has 0 aromatic carbocycles. The maximum atomic E-state index is 10.6. The van der Waals surface area contributed by atoms with Crippen molar-refractivity contribution in [2.75, 3.05) is 13.2 Å². The number of hydrogen-bond donors (Lipinski definition) is 5. The number of aliphatic hydroxyl groups is 1. The van der Waals surface area contributed by atoms with Gasteiger partial charge in [-0.2, -0.15) is 0 Å². The van der Waals surface area contributed by atoms with Gasteiger partial charge in [0.25, 0.3) is 0 Å². The van der Waals surface area contributed by atoms with Crippen LogP contribution >= 0.6 is 0 Å². The summed E-state index contributed by atoms with van der Waals surface area (Å²) in [6.45, 7) is 3.32. The summed E-state index contributed by atoms with van der Waals surface area (Å²) in [5, 5.41) is 26.0. The Morgan fingerprint density at radius 2 is 1.56 bits per heavy atom. The first-order valence-corrected chi connectivity index (χ1v) is 4.24. The number of hydrogen-bond acceptors (Lipinski definition) is 5. The van der Waals surface area contributed by atoms with Gasteiger partial charge in [0, 0.05) is 0 Å². The molecule has 0 rings (SSSR count). The third-order valence-electron chi connectivity index (χ3n) is 1.24. The summed E-state index contributed by atoms with van der Waals surface area (Å²) in [6, 6.07) is 0. The number of rotatable bonds is 3. The van der Waals surface area contributed by atoms with Crippen LogP contribution in [0, 0.1) is 0 Å². The van der Waals surface area contributed by atoms with Gasteiger partial charge in [-0.15, -0.1) is 0 Å². The molecule has 0 aliphatic heterocycles.